The van der Waals surface area contributed by atoms with Crippen LogP contribution in [-0.2, 0) is 6.54 Å². The zero-order valence-electron chi connectivity index (χ0n) is 16.5. The van der Waals surface area contributed by atoms with Gasteiger partial charge in [-0.1, -0.05) is 30.3 Å². The maximum atomic E-state index is 12.6. The first kappa shape index (κ1) is 18.9. The zero-order valence-corrected chi connectivity index (χ0v) is 17.3. The van der Waals surface area contributed by atoms with Crippen LogP contribution < -0.4 is 11.3 Å². The van der Waals surface area contributed by atoms with Crippen molar-refractivity contribution in [2.45, 2.75) is 37.9 Å². The van der Waals surface area contributed by atoms with E-state index in [9.17, 15) is 4.79 Å². The highest BCUT2D eigenvalue weighted by Crippen LogP contribution is 2.31. The second-order valence-electron chi connectivity index (χ2n) is 8.26. The van der Waals surface area contributed by atoms with Crippen LogP contribution in [0.3, 0.4) is 0 Å². The first-order chi connectivity index (χ1) is 14.2. The predicted octanol–water partition coefficient (Wildman–Crippen LogP) is 2.65. The Morgan fingerprint density at radius 3 is 2.72 bits per heavy atom. The molecule has 2 aliphatic rings. The van der Waals surface area contributed by atoms with Gasteiger partial charge in [-0.2, -0.15) is 0 Å². The fourth-order valence-corrected chi connectivity index (χ4v) is 5.60. The number of hydrogen-bond donors (Lipinski definition) is 2. The van der Waals surface area contributed by atoms with Gasteiger partial charge in [0.1, 0.15) is 10.7 Å². The Bertz CT molecular complexity index is 1040. The molecule has 4 heterocycles. The summed E-state index contributed by atoms with van der Waals surface area (Å²) < 4.78 is 0. The van der Waals surface area contributed by atoms with Gasteiger partial charge in [-0.3, -0.25) is 14.6 Å². The van der Waals surface area contributed by atoms with E-state index in [0.29, 0.717) is 24.0 Å². The standard InChI is InChI=1S/C22H27N5OS/c23-16-6-10-27(11-7-16)17-8-9-26(13-17)14-20-24-21(28)18-12-19(29-22(18)25-20)15-4-2-1-3-5-15/h1-5,12,16-17H,6-11,13-14,23H2,(H,24,25,28). The summed E-state index contributed by atoms with van der Waals surface area (Å²) in [6.07, 6.45) is 3.38. The van der Waals surface area contributed by atoms with Crippen LogP contribution in [-0.4, -0.2) is 58.0 Å². The molecule has 0 radical (unpaired) electrons. The number of fused-ring (bicyclic) bond motifs is 1. The highest BCUT2D eigenvalue weighted by molar-refractivity contribution is 7.21. The normalized spacial score (nSPS) is 21.9. The van der Waals surface area contributed by atoms with Crippen molar-refractivity contribution in [2.75, 3.05) is 26.2 Å². The van der Waals surface area contributed by atoms with Crippen molar-refractivity contribution in [1.82, 2.24) is 19.8 Å². The number of rotatable bonds is 4. The van der Waals surface area contributed by atoms with Gasteiger partial charge in [0.15, 0.2) is 0 Å². The highest BCUT2D eigenvalue weighted by Gasteiger charge is 2.30. The predicted molar refractivity (Wildman–Crippen MR) is 118 cm³/mol. The smallest absolute Gasteiger partial charge is 0.259 e. The van der Waals surface area contributed by atoms with Crippen molar-refractivity contribution in [3.8, 4) is 10.4 Å². The summed E-state index contributed by atoms with van der Waals surface area (Å²) in [5.41, 5.74) is 7.13. The number of nitrogens with zero attached hydrogens (tertiary/aromatic N) is 3. The number of H-pyrrole nitrogens is 1. The Morgan fingerprint density at radius 1 is 1.14 bits per heavy atom. The second-order valence-corrected chi connectivity index (χ2v) is 9.29. The van der Waals surface area contributed by atoms with Gasteiger partial charge in [-0.15, -0.1) is 11.3 Å². The van der Waals surface area contributed by atoms with E-state index in [4.69, 9.17) is 10.7 Å². The van der Waals surface area contributed by atoms with Crippen LogP contribution in [0.1, 0.15) is 25.1 Å². The lowest BCUT2D eigenvalue weighted by Gasteiger charge is -2.34. The van der Waals surface area contributed by atoms with E-state index in [1.54, 1.807) is 11.3 Å². The van der Waals surface area contributed by atoms with Crippen LogP contribution in [0, 0.1) is 0 Å². The van der Waals surface area contributed by atoms with Crippen molar-refractivity contribution < 1.29 is 0 Å². The van der Waals surface area contributed by atoms with Crippen LogP contribution in [0.2, 0.25) is 0 Å². The van der Waals surface area contributed by atoms with E-state index < -0.39 is 0 Å². The van der Waals surface area contributed by atoms with Crippen molar-refractivity contribution in [2.24, 2.45) is 5.73 Å². The van der Waals surface area contributed by atoms with Gasteiger partial charge < -0.3 is 10.7 Å². The molecular formula is C22H27N5OS. The van der Waals surface area contributed by atoms with Crippen LogP contribution in [0.5, 0.6) is 0 Å². The molecule has 5 rings (SSSR count). The number of likely N-dealkylation sites (tertiary alicyclic amines) is 2. The van der Waals surface area contributed by atoms with E-state index in [-0.39, 0.29) is 5.56 Å². The Morgan fingerprint density at radius 2 is 1.93 bits per heavy atom. The molecule has 0 spiro atoms. The largest absolute Gasteiger partial charge is 0.328 e. The molecular weight excluding hydrogens is 382 g/mol. The molecule has 1 unspecified atom stereocenters. The van der Waals surface area contributed by atoms with Crippen LogP contribution in [0.4, 0.5) is 0 Å². The summed E-state index contributed by atoms with van der Waals surface area (Å²) in [5, 5.41) is 0.682. The molecule has 29 heavy (non-hydrogen) atoms. The molecule has 7 heteroatoms. The van der Waals surface area contributed by atoms with E-state index in [2.05, 4.69) is 26.9 Å². The summed E-state index contributed by atoms with van der Waals surface area (Å²) in [5.74, 6) is 0.769. The number of nitrogens with two attached hydrogens (primary N) is 1. The Hall–Kier alpha value is -2.06. The molecule has 2 fully saturated rings. The summed E-state index contributed by atoms with van der Waals surface area (Å²) in [6, 6.07) is 13.1. The van der Waals surface area contributed by atoms with Gasteiger partial charge >= 0.3 is 0 Å². The minimum atomic E-state index is -0.0378. The quantitative estimate of drug-likeness (QED) is 0.693. The third-order valence-corrected chi connectivity index (χ3v) is 7.30. The molecule has 3 N–H and O–H groups in total. The molecule has 2 aromatic heterocycles. The second kappa shape index (κ2) is 7.99. The average Bonchev–Trinajstić information content (AvgIpc) is 3.37. The third-order valence-electron chi connectivity index (χ3n) is 6.22. The molecule has 2 saturated heterocycles. The SMILES string of the molecule is NC1CCN(C2CCN(Cc3nc4sc(-c5ccccc5)cc4c(=O)[nH]3)C2)CC1. The minimum Gasteiger partial charge on any atom is -0.328 e. The Balaban J connectivity index is 1.30. The van der Waals surface area contributed by atoms with E-state index in [0.717, 1.165) is 60.1 Å². The monoisotopic (exact) mass is 409 g/mol. The number of thiophene rings is 1. The molecule has 0 saturated carbocycles. The third kappa shape index (κ3) is 4.00. The molecule has 6 nitrogen and oxygen atoms in total. The number of piperidine rings is 1. The van der Waals surface area contributed by atoms with Crippen molar-refractivity contribution in [3.05, 3.63) is 52.6 Å². The molecule has 0 bridgehead atoms. The van der Waals surface area contributed by atoms with Gasteiger partial charge in [0.05, 0.1) is 11.9 Å². The molecule has 1 aromatic carbocycles. The molecule has 152 valence electrons. The molecule has 1 atom stereocenters. The lowest BCUT2D eigenvalue weighted by Crippen LogP contribution is -2.46. The maximum absolute atomic E-state index is 12.6. The number of aromatic nitrogens is 2. The fraction of sp³-hybridized carbons (Fsp3) is 0.455. The van der Waals surface area contributed by atoms with E-state index >= 15 is 0 Å². The van der Waals surface area contributed by atoms with Crippen LogP contribution >= 0.6 is 11.3 Å². The fourth-order valence-electron chi connectivity index (χ4n) is 4.55. The summed E-state index contributed by atoms with van der Waals surface area (Å²) >= 11 is 1.59. The van der Waals surface area contributed by atoms with Gasteiger partial charge in [-0.05, 0) is 44.0 Å². The molecule has 0 aliphatic carbocycles. The molecule has 0 amide bonds. The first-order valence-corrected chi connectivity index (χ1v) is 11.3. The summed E-state index contributed by atoms with van der Waals surface area (Å²) in [7, 11) is 0. The highest BCUT2D eigenvalue weighted by atomic mass is 32.1. The van der Waals surface area contributed by atoms with Gasteiger partial charge in [-0.25, -0.2) is 4.98 Å². The van der Waals surface area contributed by atoms with Gasteiger partial charge in [0.25, 0.3) is 5.56 Å². The minimum absolute atomic E-state index is 0.0378. The molecule has 2 aliphatic heterocycles. The van der Waals surface area contributed by atoms with Crippen molar-refractivity contribution in [3.63, 3.8) is 0 Å². The van der Waals surface area contributed by atoms with Gasteiger partial charge in [0.2, 0.25) is 0 Å². The van der Waals surface area contributed by atoms with Crippen molar-refractivity contribution >= 4 is 21.6 Å². The number of hydrogen-bond acceptors (Lipinski definition) is 6. The Kier molecular flexibility index (Phi) is 5.22. The van der Waals surface area contributed by atoms with Gasteiger partial charge in [0, 0.05) is 30.1 Å². The van der Waals surface area contributed by atoms with E-state index in [1.807, 2.05) is 24.3 Å². The van der Waals surface area contributed by atoms with Crippen LogP contribution in [0.25, 0.3) is 20.7 Å². The van der Waals surface area contributed by atoms with E-state index in [1.165, 1.54) is 6.42 Å². The average molecular weight is 410 g/mol. The summed E-state index contributed by atoms with van der Waals surface area (Å²) in [6.45, 7) is 5.01. The number of benzene rings is 1. The lowest BCUT2D eigenvalue weighted by molar-refractivity contribution is 0.151. The number of nitrogens with one attached hydrogen (secondary N) is 1. The van der Waals surface area contributed by atoms with Crippen LogP contribution in [0.15, 0.2) is 41.2 Å². The maximum Gasteiger partial charge on any atom is 0.259 e. The molecule has 3 aromatic rings. The zero-order chi connectivity index (χ0) is 19.8. The topological polar surface area (TPSA) is 78.2 Å². The Labute approximate surface area is 174 Å². The summed E-state index contributed by atoms with van der Waals surface area (Å²) in [4.78, 5) is 27.3. The first-order valence-electron chi connectivity index (χ1n) is 10.5. The lowest BCUT2D eigenvalue weighted by atomic mass is 10.0. The number of aromatic amines is 1. The van der Waals surface area contributed by atoms with Crippen molar-refractivity contribution in [1.29, 1.82) is 0 Å².